The lowest BCUT2D eigenvalue weighted by molar-refractivity contribution is 0.0445. The Hall–Kier alpha value is -1.14. The van der Waals surface area contributed by atoms with E-state index in [4.69, 9.17) is 9.47 Å². The molecular formula is C22H36N4O2. The molecule has 28 heavy (non-hydrogen) atoms. The van der Waals surface area contributed by atoms with E-state index in [9.17, 15) is 0 Å². The number of aromatic nitrogens is 3. The van der Waals surface area contributed by atoms with Gasteiger partial charge in [0.05, 0.1) is 18.8 Å². The molecule has 0 amide bonds. The molecular weight excluding hydrogens is 352 g/mol. The highest BCUT2D eigenvalue weighted by Crippen LogP contribution is 2.45. The minimum absolute atomic E-state index is 0.0899. The highest BCUT2D eigenvalue weighted by molar-refractivity contribution is 5.33. The Morgan fingerprint density at radius 2 is 1.79 bits per heavy atom. The molecule has 1 spiro atoms. The summed E-state index contributed by atoms with van der Waals surface area (Å²) in [5.41, 5.74) is 0.612. The molecule has 4 heterocycles. The Bertz CT molecular complexity index is 653. The third-order valence-electron chi connectivity index (χ3n) is 7.71. The Kier molecular flexibility index (Phi) is 5.35. The van der Waals surface area contributed by atoms with E-state index in [1.807, 2.05) is 0 Å². The number of rotatable bonds is 4. The van der Waals surface area contributed by atoms with Gasteiger partial charge in [-0.3, -0.25) is 4.57 Å². The van der Waals surface area contributed by atoms with Crippen LogP contribution in [0.15, 0.2) is 0 Å². The number of anilines is 1. The van der Waals surface area contributed by atoms with Gasteiger partial charge in [0.15, 0.2) is 5.82 Å². The predicted molar refractivity (Wildman–Crippen MR) is 108 cm³/mol. The first-order valence-corrected chi connectivity index (χ1v) is 11.7. The van der Waals surface area contributed by atoms with Gasteiger partial charge in [-0.15, -0.1) is 10.2 Å². The van der Waals surface area contributed by atoms with Gasteiger partial charge >= 0.3 is 0 Å². The molecule has 1 aliphatic carbocycles. The molecule has 1 aromatic rings. The first kappa shape index (κ1) is 18.9. The molecule has 6 heteroatoms. The van der Waals surface area contributed by atoms with Crippen molar-refractivity contribution in [1.29, 1.82) is 0 Å². The first-order valence-electron chi connectivity index (χ1n) is 11.7. The number of nitrogens with zero attached hydrogens (tertiary/aromatic N) is 4. The van der Waals surface area contributed by atoms with E-state index in [2.05, 4.69) is 26.6 Å². The van der Waals surface area contributed by atoms with Crippen LogP contribution in [0.1, 0.15) is 89.5 Å². The third kappa shape index (κ3) is 3.70. The molecule has 3 atom stereocenters. The summed E-state index contributed by atoms with van der Waals surface area (Å²) >= 11 is 0. The number of piperidine rings is 1. The zero-order valence-corrected chi connectivity index (χ0v) is 17.4. The monoisotopic (exact) mass is 388 g/mol. The molecule has 0 bridgehead atoms. The van der Waals surface area contributed by atoms with Crippen molar-refractivity contribution in [3.05, 3.63) is 5.82 Å². The van der Waals surface area contributed by atoms with Gasteiger partial charge in [-0.2, -0.15) is 0 Å². The lowest BCUT2D eigenvalue weighted by Crippen LogP contribution is -2.42. The standard InChI is InChI=1S/C22H36N4O2/c1-17-7-8-19(28-17)20-23-24-21(26(20)16-18-6-5-15-27-18)25-13-11-22(12-14-25)9-3-2-4-10-22/h17-19H,2-16H2,1H3/t17-,18?,19-/m1/s1. The minimum atomic E-state index is 0.0899. The minimum Gasteiger partial charge on any atom is -0.376 e. The van der Waals surface area contributed by atoms with Gasteiger partial charge in [-0.25, -0.2) is 0 Å². The molecule has 0 radical (unpaired) electrons. The summed E-state index contributed by atoms with van der Waals surface area (Å²) in [6.07, 6.45) is 15.0. The summed E-state index contributed by atoms with van der Waals surface area (Å²) in [6, 6.07) is 0. The number of hydrogen-bond donors (Lipinski definition) is 0. The third-order valence-corrected chi connectivity index (χ3v) is 7.71. The van der Waals surface area contributed by atoms with Crippen molar-refractivity contribution in [3.8, 4) is 0 Å². The van der Waals surface area contributed by atoms with Crippen LogP contribution in [0.25, 0.3) is 0 Å². The van der Waals surface area contributed by atoms with E-state index in [0.29, 0.717) is 17.6 Å². The molecule has 0 aromatic carbocycles. The summed E-state index contributed by atoms with van der Waals surface area (Å²) in [6.45, 7) is 6.15. The second-order valence-corrected chi connectivity index (χ2v) is 9.66. The van der Waals surface area contributed by atoms with Crippen LogP contribution in [-0.4, -0.2) is 46.7 Å². The highest BCUT2D eigenvalue weighted by Gasteiger charge is 2.38. The van der Waals surface area contributed by atoms with Crippen LogP contribution < -0.4 is 4.90 Å². The molecule has 3 saturated heterocycles. The second kappa shape index (κ2) is 7.94. The molecule has 1 unspecified atom stereocenters. The van der Waals surface area contributed by atoms with Gasteiger partial charge in [-0.05, 0) is 63.7 Å². The molecule has 1 saturated carbocycles. The fourth-order valence-corrected chi connectivity index (χ4v) is 5.92. The van der Waals surface area contributed by atoms with Crippen LogP contribution >= 0.6 is 0 Å². The summed E-state index contributed by atoms with van der Waals surface area (Å²) in [7, 11) is 0. The number of hydrogen-bond acceptors (Lipinski definition) is 5. The van der Waals surface area contributed by atoms with Gasteiger partial charge in [0.25, 0.3) is 0 Å². The zero-order valence-electron chi connectivity index (χ0n) is 17.4. The van der Waals surface area contributed by atoms with Crippen molar-refractivity contribution in [2.75, 3.05) is 24.6 Å². The smallest absolute Gasteiger partial charge is 0.227 e. The van der Waals surface area contributed by atoms with Gasteiger partial charge in [0, 0.05) is 19.7 Å². The SMILES string of the molecule is C[C@@H]1CC[C@H](c2nnc(N3CCC4(CCCCC4)CC3)n2CC2CCCO2)O1. The van der Waals surface area contributed by atoms with Crippen LogP contribution in [0, 0.1) is 5.41 Å². The Morgan fingerprint density at radius 3 is 2.46 bits per heavy atom. The van der Waals surface area contributed by atoms with Gasteiger partial charge in [-0.1, -0.05) is 19.3 Å². The van der Waals surface area contributed by atoms with E-state index >= 15 is 0 Å². The molecule has 4 aliphatic rings. The van der Waals surface area contributed by atoms with Gasteiger partial charge < -0.3 is 14.4 Å². The molecule has 3 aliphatic heterocycles. The number of ether oxygens (including phenoxy) is 2. The zero-order chi connectivity index (χ0) is 19.0. The molecule has 156 valence electrons. The van der Waals surface area contributed by atoms with Crippen molar-refractivity contribution in [3.63, 3.8) is 0 Å². The average molecular weight is 389 g/mol. The van der Waals surface area contributed by atoms with Gasteiger partial charge in [0.1, 0.15) is 6.10 Å². The van der Waals surface area contributed by atoms with Crippen molar-refractivity contribution in [2.45, 2.75) is 102 Å². The van der Waals surface area contributed by atoms with E-state index in [1.165, 1.54) is 51.4 Å². The normalized spacial score (nSPS) is 33.0. The average Bonchev–Trinajstić information content (AvgIpc) is 3.45. The van der Waals surface area contributed by atoms with E-state index in [-0.39, 0.29) is 6.10 Å². The summed E-state index contributed by atoms with van der Waals surface area (Å²) < 4.78 is 14.5. The topological polar surface area (TPSA) is 52.4 Å². The van der Waals surface area contributed by atoms with Gasteiger partial charge in [0.2, 0.25) is 5.95 Å². The van der Waals surface area contributed by atoms with Crippen LogP contribution in [0.3, 0.4) is 0 Å². The predicted octanol–water partition coefficient (Wildman–Crippen LogP) is 4.25. The molecule has 5 rings (SSSR count). The fraction of sp³-hybridized carbons (Fsp3) is 0.909. The Balaban J connectivity index is 1.35. The van der Waals surface area contributed by atoms with Crippen molar-refractivity contribution in [1.82, 2.24) is 14.8 Å². The van der Waals surface area contributed by atoms with Crippen LogP contribution in [-0.2, 0) is 16.0 Å². The molecule has 0 N–H and O–H groups in total. The quantitative estimate of drug-likeness (QED) is 0.772. The van der Waals surface area contributed by atoms with Crippen LogP contribution in [0.2, 0.25) is 0 Å². The maximum Gasteiger partial charge on any atom is 0.227 e. The van der Waals surface area contributed by atoms with E-state index < -0.39 is 0 Å². The van der Waals surface area contributed by atoms with Crippen molar-refractivity contribution >= 4 is 5.95 Å². The molecule has 6 nitrogen and oxygen atoms in total. The Labute approximate surface area is 169 Å². The largest absolute Gasteiger partial charge is 0.376 e. The second-order valence-electron chi connectivity index (χ2n) is 9.66. The Morgan fingerprint density at radius 1 is 0.964 bits per heavy atom. The van der Waals surface area contributed by atoms with E-state index in [0.717, 1.165) is 57.3 Å². The van der Waals surface area contributed by atoms with Crippen LogP contribution in [0.5, 0.6) is 0 Å². The van der Waals surface area contributed by atoms with Crippen molar-refractivity contribution < 1.29 is 9.47 Å². The summed E-state index contributed by atoms with van der Waals surface area (Å²) in [4.78, 5) is 2.49. The van der Waals surface area contributed by atoms with Crippen LogP contribution in [0.4, 0.5) is 5.95 Å². The fourth-order valence-electron chi connectivity index (χ4n) is 5.92. The lowest BCUT2D eigenvalue weighted by atomic mass is 9.68. The first-order chi connectivity index (χ1) is 13.7. The van der Waals surface area contributed by atoms with E-state index in [1.54, 1.807) is 0 Å². The lowest BCUT2D eigenvalue weighted by Gasteiger charge is -2.44. The summed E-state index contributed by atoms with van der Waals surface area (Å²) in [5.74, 6) is 2.08. The maximum absolute atomic E-state index is 6.16. The highest BCUT2D eigenvalue weighted by atomic mass is 16.5. The molecule has 4 fully saturated rings. The van der Waals surface area contributed by atoms with Crippen molar-refractivity contribution in [2.24, 2.45) is 5.41 Å². The molecule has 1 aromatic heterocycles. The summed E-state index contributed by atoms with van der Waals surface area (Å²) in [5, 5.41) is 9.33. The maximum atomic E-state index is 6.16.